The predicted molar refractivity (Wildman–Crippen MR) is 77.8 cm³/mol. The van der Waals surface area contributed by atoms with Gasteiger partial charge in [-0.15, -0.1) is 0 Å². The first-order valence-corrected chi connectivity index (χ1v) is 8.39. The highest BCUT2D eigenvalue weighted by Gasteiger charge is 2.28. The monoisotopic (exact) mass is 302 g/mol. The standard InChI is InChI=1S/C13H19ClN2O2S/c1-10(11-4-6-12(14)7-5-11)16-19(17,18)13-3-2-8-15-9-13/h4-7,10,13,15-16H,2-3,8-9H2,1H3. The first-order valence-electron chi connectivity index (χ1n) is 6.46. The highest BCUT2D eigenvalue weighted by molar-refractivity contribution is 7.90. The summed E-state index contributed by atoms with van der Waals surface area (Å²) in [5.74, 6) is 0. The average molecular weight is 303 g/mol. The lowest BCUT2D eigenvalue weighted by molar-refractivity contribution is 0.485. The zero-order chi connectivity index (χ0) is 13.9. The van der Waals surface area contributed by atoms with Gasteiger partial charge < -0.3 is 5.32 Å². The molecule has 1 aliphatic rings. The molecule has 1 aromatic carbocycles. The van der Waals surface area contributed by atoms with Gasteiger partial charge in [-0.3, -0.25) is 0 Å². The van der Waals surface area contributed by atoms with E-state index in [0.717, 1.165) is 24.9 Å². The minimum Gasteiger partial charge on any atom is -0.315 e. The first kappa shape index (κ1) is 14.8. The molecule has 6 heteroatoms. The van der Waals surface area contributed by atoms with Crippen LogP contribution in [0.3, 0.4) is 0 Å². The van der Waals surface area contributed by atoms with Gasteiger partial charge in [-0.1, -0.05) is 23.7 Å². The average Bonchev–Trinajstić information content (AvgIpc) is 2.40. The van der Waals surface area contributed by atoms with Gasteiger partial charge in [0.2, 0.25) is 10.0 Å². The molecule has 2 N–H and O–H groups in total. The van der Waals surface area contributed by atoms with Crippen LogP contribution in [0.5, 0.6) is 0 Å². The van der Waals surface area contributed by atoms with Crippen molar-refractivity contribution in [2.75, 3.05) is 13.1 Å². The molecule has 0 aliphatic carbocycles. The smallest absolute Gasteiger partial charge is 0.216 e. The number of halogens is 1. The number of hydrogen-bond donors (Lipinski definition) is 2. The van der Waals surface area contributed by atoms with Crippen molar-refractivity contribution in [2.45, 2.75) is 31.1 Å². The number of hydrogen-bond acceptors (Lipinski definition) is 3. The van der Waals surface area contributed by atoms with E-state index in [4.69, 9.17) is 11.6 Å². The molecule has 0 spiro atoms. The Morgan fingerprint density at radius 2 is 2.05 bits per heavy atom. The summed E-state index contributed by atoms with van der Waals surface area (Å²) in [6, 6.07) is 6.97. The fourth-order valence-corrected chi connectivity index (χ4v) is 4.01. The molecule has 19 heavy (non-hydrogen) atoms. The van der Waals surface area contributed by atoms with E-state index >= 15 is 0 Å². The topological polar surface area (TPSA) is 58.2 Å². The first-order chi connectivity index (χ1) is 8.99. The van der Waals surface area contributed by atoms with Crippen LogP contribution in [0.4, 0.5) is 0 Å². The van der Waals surface area contributed by atoms with Gasteiger partial charge in [0.1, 0.15) is 0 Å². The summed E-state index contributed by atoms with van der Waals surface area (Å²) in [4.78, 5) is 0. The van der Waals surface area contributed by atoms with Crippen molar-refractivity contribution in [1.82, 2.24) is 10.0 Å². The Hall–Kier alpha value is -0.620. The molecule has 0 saturated carbocycles. The van der Waals surface area contributed by atoms with Crippen molar-refractivity contribution >= 4 is 21.6 Å². The van der Waals surface area contributed by atoms with Crippen LogP contribution in [-0.4, -0.2) is 26.8 Å². The molecule has 1 fully saturated rings. The van der Waals surface area contributed by atoms with Crippen LogP contribution in [0.15, 0.2) is 24.3 Å². The van der Waals surface area contributed by atoms with E-state index in [1.165, 1.54) is 0 Å². The summed E-state index contributed by atoms with van der Waals surface area (Å²) in [6.07, 6.45) is 1.62. The number of nitrogens with one attached hydrogen (secondary N) is 2. The lowest BCUT2D eigenvalue weighted by atomic mass is 10.1. The van der Waals surface area contributed by atoms with Gasteiger partial charge in [-0.05, 0) is 44.0 Å². The van der Waals surface area contributed by atoms with Crippen LogP contribution >= 0.6 is 11.6 Å². The van der Waals surface area contributed by atoms with E-state index in [1.54, 1.807) is 12.1 Å². The number of sulfonamides is 1. The van der Waals surface area contributed by atoms with Crippen LogP contribution in [0, 0.1) is 0 Å². The Morgan fingerprint density at radius 1 is 1.37 bits per heavy atom. The van der Waals surface area contributed by atoms with Gasteiger partial charge in [0, 0.05) is 17.6 Å². The molecule has 2 rings (SSSR count). The highest BCUT2D eigenvalue weighted by Crippen LogP contribution is 2.19. The van der Waals surface area contributed by atoms with Crippen molar-refractivity contribution in [2.24, 2.45) is 0 Å². The maximum absolute atomic E-state index is 12.3. The lowest BCUT2D eigenvalue weighted by Gasteiger charge is -2.25. The molecule has 4 nitrogen and oxygen atoms in total. The molecule has 0 bridgehead atoms. The molecule has 0 radical (unpaired) electrons. The van der Waals surface area contributed by atoms with Gasteiger partial charge in [0.25, 0.3) is 0 Å². The Kier molecular flexibility index (Phi) is 4.84. The highest BCUT2D eigenvalue weighted by atomic mass is 35.5. The third kappa shape index (κ3) is 3.92. The van der Waals surface area contributed by atoms with E-state index in [0.29, 0.717) is 11.6 Å². The minimum absolute atomic E-state index is 0.246. The van der Waals surface area contributed by atoms with Gasteiger partial charge in [-0.25, -0.2) is 13.1 Å². The van der Waals surface area contributed by atoms with Gasteiger partial charge in [0.05, 0.1) is 5.25 Å². The summed E-state index contributed by atoms with van der Waals surface area (Å²) in [6.45, 7) is 3.28. The molecular formula is C13H19ClN2O2S. The number of piperidine rings is 1. The van der Waals surface area contributed by atoms with Gasteiger partial charge in [0.15, 0.2) is 0 Å². The molecule has 1 aromatic rings. The fourth-order valence-electron chi connectivity index (χ4n) is 2.25. The Bertz CT molecular complexity index is 510. The summed E-state index contributed by atoms with van der Waals surface area (Å²) < 4.78 is 27.3. The molecule has 2 atom stereocenters. The minimum atomic E-state index is -3.29. The van der Waals surface area contributed by atoms with Crippen LogP contribution in [-0.2, 0) is 10.0 Å². The Morgan fingerprint density at radius 3 is 2.63 bits per heavy atom. The normalized spacial score (nSPS) is 22.1. The Balaban J connectivity index is 2.04. The van der Waals surface area contributed by atoms with Crippen molar-refractivity contribution in [1.29, 1.82) is 0 Å². The number of rotatable bonds is 4. The molecule has 1 saturated heterocycles. The second-order valence-electron chi connectivity index (χ2n) is 4.90. The van der Waals surface area contributed by atoms with Crippen LogP contribution in [0.25, 0.3) is 0 Å². The number of benzene rings is 1. The van der Waals surface area contributed by atoms with E-state index in [-0.39, 0.29) is 11.3 Å². The van der Waals surface area contributed by atoms with E-state index in [9.17, 15) is 8.42 Å². The molecular weight excluding hydrogens is 284 g/mol. The summed E-state index contributed by atoms with van der Waals surface area (Å²) >= 11 is 5.82. The molecule has 0 amide bonds. The van der Waals surface area contributed by atoms with Crippen LogP contribution < -0.4 is 10.0 Å². The van der Waals surface area contributed by atoms with Gasteiger partial charge >= 0.3 is 0 Å². The largest absolute Gasteiger partial charge is 0.315 e. The van der Waals surface area contributed by atoms with E-state index < -0.39 is 10.0 Å². The lowest BCUT2D eigenvalue weighted by Crippen LogP contribution is -2.44. The van der Waals surface area contributed by atoms with Crippen molar-refractivity contribution in [3.05, 3.63) is 34.9 Å². The SMILES string of the molecule is CC(NS(=O)(=O)C1CCCNC1)c1ccc(Cl)cc1. The molecule has 1 heterocycles. The fraction of sp³-hybridized carbons (Fsp3) is 0.538. The maximum Gasteiger partial charge on any atom is 0.216 e. The zero-order valence-corrected chi connectivity index (χ0v) is 12.5. The predicted octanol–water partition coefficient (Wildman–Crippen LogP) is 2.07. The van der Waals surface area contributed by atoms with Crippen molar-refractivity contribution in [3.8, 4) is 0 Å². The second-order valence-corrected chi connectivity index (χ2v) is 7.33. The molecule has 1 aliphatic heterocycles. The third-order valence-electron chi connectivity index (χ3n) is 3.40. The van der Waals surface area contributed by atoms with E-state index in [1.807, 2.05) is 19.1 Å². The van der Waals surface area contributed by atoms with Crippen molar-refractivity contribution in [3.63, 3.8) is 0 Å². The quantitative estimate of drug-likeness (QED) is 0.895. The summed E-state index contributed by atoms with van der Waals surface area (Å²) in [5.41, 5.74) is 0.914. The second kappa shape index (κ2) is 6.22. The van der Waals surface area contributed by atoms with Crippen LogP contribution in [0.1, 0.15) is 31.4 Å². The summed E-state index contributed by atoms with van der Waals surface area (Å²) in [5, 5.41) is 3.44. The van der Waals surface area contributed by atoms with Gasteiger partial charge in [-0.2, -0.15) is 0 Å². The van der Waals surface area contributed by atoms with Crippen molar-refractivity contribution < 1.29 is 8.42 Å². The molecule has 2 unspecified atom stereocenters. The summed E-state index contributed by atoms with van der Waals surface area (Å²) in [7, 11) is -3.29. The Labute approximate surface area is 119 Å². The molecule has 106 valence electrons. The third-order valence-corrected chi connectivity index (χ3v) is 5.62. The zero-order valence-electron chi connectivity index (χ0n) is 10.9. The van der Waals surface area contributed by atoms with Crippen LogP contribution in [0.2, 0.25) is 5.02 Å². The van der Waals surface area contributed by atoms with E-state index in [2.05, 4.69) is 10.0 Å². The maximum atomic E-state index is 12.3. The molecule has 0 aromatic heterocycles.